The quantitative estimate of drug-likeness (QED) is 0.564. The van der Waals surface area contributed by atoms with Crippen LogP contribution >= 0.6 is 0 Å². The molecule has 0 aliphatic carbocycles. The van der Waals surface area contributed by atoms with Gasteiger partial charge < -0.3 is 10.4 Å². The fraction of sp³-hybridized carbons (Fsp3) is 0.455. The van der Waals surface area contributed by atoms with Crippen LogP contribution in [0.4, 0.5) is 11.4 Å². The Balaban J connectivity index is 3.34. The lowest BCUT2D eigenvalue weighted by atomic mass is 10.3. The second-order valence-electron chi connectivity index (χ2n) is 3.91. The maximum Gasteiger partial charge on any atom is 0.271 e. The number of nitrogens with zero attached hydrogens (tertiary/aromatic N) is 2. The summed E-state index contributed by atoms with van der Waals surface area (Å²) in [6.45, 7) is 1.52. The number of hydrogen-bond donors (Lipinski definition) is 2. The van der Waals surface area contributed by atoms with Crippen molar-refractivity contribution in [3.8, 4) is 0 Å². The van der Waals surface area contributed by atoms with E-state index in [1.54, 1.807) is 6.92 Å². The van der Waals surface area contributed by atoms with Gasteiger partial charge in [0, 0.05) is 32.3 Å². The third-order valence-electron chi connectivity index (χ3n) is 2.76. The molecular formula is C11H17N3O5S. The van der Waals surface area contributed by atoms with E-state index in [0.29, 0.717) is 0 Å². The first kappa shape index (κ1) is 16.3. The van der Waals surface area contributed by atoms with Gasteiger partial charge in [-0.25, -0.2) is 8.42 Å². The molecule has 0 spiro atoms. The number of non-ortho nitro benzene ring substituents is 1. The van der Waals surface area contributed by atoms with Crippen molar-refractivity contribution >= 4 is 21.4 Å². The summed E-state index contributed by atoms with van der Waals surface area (Å²) in [7, 11) is -2.32. The molecule has 1 rings (SSSR count). The van der Waals surface area contributed by atoms with E-state index in [1.807, 2.05) is 0 Å². The Labute approximate surface area is 117 Å². The Kier molecular flexibility index (Phi) is 5.43. The van der Waals surface area contributed by atoms with Gasteiger partial charge in [0.2, 0.25) is 10.0 Å². The van der Waals surface area contributed by atoms with Crippen molar-refractivity contribution in [2.24, 2.45) is 0 Å². The number of benzene rings is 1. The third kappa shape index (κ3) is 3.24. The zero-order chi connectivity index (χ0) is 15.3. The van der Waals surface area contributed by atoms with Crippen LogP contribution in [0.5, 0.6) is 0 Å². The number of likely N-dealkylation sites (N-methyl/N-ethyl adjacent to an activating group) is 1. The number of anilines is 1. The predicted molar refractivity (Wildman–Crippen MR) is 74.2 cm³/mol. The molecule has 1 aromatic rings. The smallest absolute Gasteiger partial charge is 0.271 e. The fourth-order valence-electron chi connectivity index (χ4n) is 1.75. The van der Waals surface area contributed by atoms with Crippen molar-refractivity contribution < 1.29 is 18.4 Å². The average Bonchev–Trinajstić information content (AvgIpc) is 2.43. The van der Waals surface area contributed by atoms with Gasteiger partial charge >= 0.3 is 0 Å². The van der Waals surface area contributed by atoms with Gasteiger partial charge in [0.15, 0.2) is 0 Å². The van der Waals surface area contributed by atoms with Gasteiger partial charge in [-0.05, 0) is 6.07 Å². The van der Waals surface area contributed by atoms with Crippen LogP contribution in [-0.4, -0.2) is 49.5 Å². The second-order valence-corrected chi connectivity index (χ2v) is 5.81. The molecule has 0 saturated heterocycles. The summed E-state index contributed by atoms with van der Waals surface area (Å²) < 4.78 is 25.9. The van der Waals surface area contributed by atoms with Crippen LogP contribution in [0, 0.1) is 10.1 Å². The Bertz CT molecular complexity index is 588. The first-order valence-electron chi connectivity index (χ1n) is 5.95. The van der Waals surface area contributed by atoms with Gasteiger partial charge in [0.1, 0.15) is 4.90 Å². The van der Waals surface area contributed by atoms with Crippen molar-refractivity contribution in [1.29, 1.82) is 0 Å². The summed E-state index contributed by atoms with van der Waals surface area (Å²) in [6, 6.07) is 3.50. The molecule has 0 amide bonds. The highest BCUT2D eigenvalue weighted by Gasteiger charge is 2.26. The van der Waals surface area contributed by atoms with Crippen LogP contribution in [0.25, 0.3) is 0 Å². The summed E-state index contributed by atoms with van der Waals surface area (Å²) >= 11 is 0. The Morgan fingerprint density at radius 3 is 2.55 bits per heavy atom. The number of aliphatic hydroxyl groups is 1. The van der Waals surface area contributed by atoms with E-state index in [0.717, 1.165) is 10.4 Å². The van der Waals surface area contributed by atoms with E-state index >= 15 is 0 Å². The number of hydrogen-bond acceptors (Lipinski definition) is 6. The van der Waals surface area contributed by atoms with Crippen molar-refractivity contribution in [3.63, 3.8) is 0 Å². The topological polar surface area (TPSA) is 113 Å². The zero-order valence-electron chi connectivity index (χ0n) is 11.2. The highest BCUT2D eigenvalue weighted by molar-refractivity contribution is 7.89. The molecule has 8 nitrogen and oxygen atoms in total. The molecular weight excluding hydrogens is 286 g/mol. The molecule has 0 saturated carbocycles. The molecule has 0 aliphatic rings. The van der Waals surface area contributed by atoms with E-state index in [4.69, 9.17) is 5.11 Å². The number of sulfonamides is 1. The second kappa shape index (κ2) is 6.64. The largest absolute Gasteiger partial charge is 0.395 e. The summed E-state index contributed by atoms with van der Waals surface area (Å²) in [4.78, 5) is 10.1. The van der Waals surface area contributed by atoms with Gasteiger partial charge in [-0.15, -0.1) is 0 Å². The minimum absolute atomic E-state index is 0.0288. The van der Waals surface area contributed by atoms with E-state index in [2.05, 4.69) is 5.32 Å². The maximum absolute atomic E-state index is 12.4. The highest BCUT2D eigenvalue weighted by atomic mass is 32.2. The maximum atomic E-state index is 12.4. The number of rotatable bonds is 7. The molecule has 9 heteroatoms. The van der Waals surface area contributed by atoms with E-state index in [1.165, 1.54) is 19.2 Å². The van der Waals surface area contributed by atoms with Gasteiger partial charge in [0.05, 0.1) is 17.2 Å². The molecule has 0 unspecified atom stereocenters. The van der Waals surface area contributed by atoms with Crippen LogP contribution in [0.1, 0.15) is 6.92 Å². The molecule has 0 aromatic heterocycles. The van der Waals surface area contributed by atoms with E-state index in [-0.39, 0.29) is 36.0 Å². The average molecular weight is 303 g/mol. The molecule has 0 atom stereocenters. The predicted octanol–water partition coefficient (Wildman–Crippen LogP) is 0.639. The van der Waals surface area contributed by atoms with Crippen LogP contribution in [0.2, 0.25) is 0 Å². The number of nitro groups is 1. The lowest BCUT2D eigenvalue weighted by Crippen LogP contribution is -2.33. The number of aliphatic hydroxyl groups excluding tert-OH is 1. The summed E-state index contributed by atoms with van der Waals surface area (Å²) in [5, 5.41) is 22.3. The summed E-state index contributed by atoms with van der Waals surface area (Å²) in [5.41, 5.74) is -0.0471. The first-order chi connectivity index (χ1) is 9.38. The summed E-state index contributed by atoms with van der Waals surface area (Å²) in [5.74, 6) is 0. The molecule has 0 heterocycles. The molecule has 2 N–H and O–H groups in total. The first-order valence-corrected chi connectivity index (χ1v) is 7.39. The fourth-order valence-corrected chi connectivity index (χ4v) is 3.37. The standard InChI is InChI=1S/C11H17N3O5S/c1-3-13(6-7-15)20(18,19)11-5-4-9(14(16)17)8-10(11)12-2/h4-5,8,12,15H,3,6-7H2,1-2H3. The van der Waals surface area contributed by atoms with Crippen LogP contribution in [0.3, 0.4) is 0 Å². The lowest BCUT2D eigenvalue weighted by molar-refractivity contribution is -0.384. The molecule has 1 aromatic carbocycles. The van der Waals surface area contributed by atoms with Gasteiger partial charge in [-0.3, -0.25) is 10.1 Å². The van der Waals surface area contributed by atoms with E-state index in [9.17, 15) is 18.5 Å². The lowest BCUT2D eigenvalue weighted by Gasteiger charge is -2.20. The molecule has 0 bridgehead atoms. The minimum atomic E-state index is -3.81. The highest BCUT2D eigenvalue weighted by Crippen LogP contribution is 2.28. The van der Waals surface area contributed by atoms with Crippen LogP contribution < -0.4 is 5.32 Å². The zero-order valence-corrected chi connectivity index (χ0v) is 12.1. The number of nitro benzene ring substituents is 1. The molecule has 0 aliphatic heterocycles. The molecule has 20 heavy (non-hydrogen) atoms. The molecule has 0 fully saturated rings. The van der Waals surface area contributed by atoms with Crippen LogP contribution in [0.15, 0.2) is 23.1 Å². The third-order valence-corrected chi connectivity index (χ3v) is 4.80. The Morgan fingerprint density at radius 2 is 2.10 bits per heavy atom. The Morgan fingerprint density at radius 1 is 1.45 bits per heavy atom. The normalized spacial score (nSPS) is 11.6. The molecule has 112 valence electrons. The monoisotopic (exact) mass is 303 g/mol. The van der Waals surface area contributed by atoms with Gasteiger partial charge in [-0.2, -0.15) is 4.31 Å². The van der Waals surface area contributed by atoms with Crippen molar-refractivity contribution in [2.75, 3.05) is 32.1 Å². The van der Waals surface area contributed by atoms with E-state index < -0.39 is 14.9 Å². The summed E-state index contributed by atoms with van der Waals surface area (Å²) in [6.07, 6.45) is 0. The van der Waals surface area contributed by atoms with Crippen molar-refractivity contribution in [1.82, 2.24) is 4.31 Å². The minimum Gasteiger partial charge on any atom is -0.395 e. The van der Waals surface area contributed by atoms with Crippen molar-refractivity contribution in [3.05, 3.63) is 28.3 Å². The van der Waals surface area contributed by atoms with Crippen molar-refractivity contribution in [2.45, 2.75) is 11.8 Å². The number of nitrogens with one attached hydrogen (secondary N) is 1. The Hall–Kier alpha value is -1.71. The van der Waals surface area contributed by atoms with Gasteiger partial charge in [-0.1, -0.05) is 6.92 Å². The van der Waals surface area contributed by atoms with Gasteiger partial charge in [0.25, 0.3) is 5.69 Å². The molecule has 0 radical (unpaired) electrons. The SMILES string of the molecule is CCN(CCO)S(=O)(=O)c1ccc([N+](=O)[O-])cc1NC. The van der Waals surface area contributed by atoms with Crippen LogP contribution in [-0.2, 0) is 10.0 Å².